The van der Waals surface area contributed by atoms with E-state index >= 15 is 0 Å². The smallest absolute Gasteiger partial charge is 0.550 e. The number of hydrogen-bond acceptors (Lipinski definition) is 6. The van der Waals surface area contributed by atoms with E-state index in [0.717, 1.165) is 0 Å². The van der Waals surface area contributed by atoms with Gasteiger partial charge >= 0.3 is 17.4 Å². The van der Waals surface area contributed by atoms with Crippen LogP contribution in [0, 0.1) is 16.2 Å². The Hall–Kier alpha value is -1.06. The molecule has 0 aliphatic rings. The standard InChI is InChI=1S/3C7H14O2.Al/c3*1-4-7(3,5-2)6(8)9;/h3*4-5H2,1-3H3,(H,8,9);/q;;;+3/p-3. The van der Waals surface area contributed by atoms with Gasteiger partial charge in [0.1, 0.15) is 0 Å². The quantitative estimate of drug-likeness (QED) is 0.525. The molecule has 0 N–H and O–H groups in total. The Bertz CT molecular complexity index is 383. The molecule has 0 saturated carbocycles. The van der Waals surface area contributed by atoms with Crippen LogP contribution in [0.4, 0.5) is 0 Å². The third-order valence-corrected chi connectivity index (χ3v) is 6.16. The van der Waals surface area contributed by atoms with Gasteiger partial charge in [0, 0.05) is 34.2 Å². The molecule has 0 aromatic carbocycles. The molecular formula is C21H39AlO6. The molecular weight excluding hydrogens is 375 g/mol. The predicted octanol–water partition coefficient (Wildman–Crippen LogP) is 1.31. The second-order valence-corrected chi connectivity index (χ2v) is 7.67. The average molecular weight is 415 g/mol. The molecule has 0 aromatic rings. The van der Waals surface area contributed by atoms with Crippen LogP contribution in [0.3, 0.4) is 0 Å². The van der Waals surface area contributed by atoms with Crippen LogP contribution in [0.1, 0.15) is 101 Å². The molecule has 0 radical (unpaired) electrons. The van der Waals surface area contributed by atoms with Crippen molar-refractivity contribution in [3.05, 3.63) is 0 Å². The third-order valence-electron chi connectivity index (χ3n) is 6.16. The Kier molecular flexibility index (Phi) is 19.5. The van der Waals surface area contributed by atoms with E-state index in [1.807, 2.05) is 41.5 Å². The number of carboxylic acid groups (broad SMARTS) is 3. The Morgan fingerprint density at radius 2 is 0.607 bits per heavy atom. The fourth-order valence-electron chi connectivity index (χ4n) is 1.62. The van der Waals surface area contributed by atoms with Gasteiger partial charge in [-0.05, 0) is 38.5 Å². The molecule has 0 spiro atoms. The minimum absolute atomic E-state index is 0. The van der Waals surface area contributed by atoms with E-state index in [1.165, 1.54) is 0 Å². The molecule has 0 unspecified atom stereocenters. The van der Waals surface area contributed by atoms with Gasteiger partial charge in [-0.2, -0.15) is 0 Å². The van der Waals surface area contributed by atoms with Gasteiger partial charge in [0.25, 0.3) is 0 Å². The molecule has 0 aliphatic carbocycles. The van der Waals surface area contributed by atoms with E-state index in [2.05, 4.69) is 0 Å². The monoisotopic (exact) mass is 414 g/mol. The van der Waals surface area contributed by atoms with Gasteiger partial charge in [0.05, 0.1) is 0 Å². The van der Waals surface area contributed by atoms with Crippen LogP contribution in [-0.2, 0) is 14.4 Å². The molecule has 28 heavy (non-hydrogen) atoms. The maximum Gasteiger partial charge on any atom is 3.00 e. The molecule has 0 bridgehead atoms. The Labute approximate surface area is 182 Å². The van der Waals surface area contributed by atoms with Crippen molar-refractivity contribution < 1.29 is 29.7 Å². The van der Waals surface area contributed by atoms with Crippen LogP contribution in [0.25, 0.3) is 0 Å². The average Bonchev–Trinajstić information content (AvgIpc) is 2.66. The first kappa shape index (κ1) is 34.4. The summed E-state index contributed by atoms with van der Waals surface area (Å²) in [6.45, 7) is 16.3. The van der Waals surface area contributed by atoms with Crippen LogP contribution in [-0.4, -0.2) is 35.3 Å². The largest absolute Gasteiger partial charge is 3.00 e. The predicted molar refractivity (Wildman–Crippen MR) is 107 cm³/mol. The summed E-state index contributed by atoms with van der Waals surface area (Å²) in [5.74, 6) is -2.81. The molecule has 0 amide bonds. The van der Waals surface area contributed by atoms with Gasteiger partial charge in [0.15, 0.2) is 0 Å². The number of carboxylic acids is 3. The van der Waals surface area contributed by atoms with Gasteiger partial charge in [-0.15, -0.1) is 0 Å². The second-order valence-electron chi connectivity index (χ2n) is 7.67. The van der Waals surface area contributed by atoms with Gasteiger partial charge in [0.2, 0.25) is 0 Å². The van der Waals surface area contributed by atoms with E-state index in [9.17, 15) is 29.7 Å². The first-order valence-electron chi connectivity index (χ1n) is 9.84. The van der Waals surface area contributed by atoms with Crippen LogP contribution in [0.15, 0.2) is 0 Å². The van der Waals surface area contributed by atoms with Crippen molar-refractivity contribution in [1.82, 2.24) is 0 Å². The fraction of sp³-hybridized carbons (Fsp3) is 0.857. The number of carbonyl (C=O) groups excluding carboxylic acids is 3. The number of rotatable bonds is 9. The van der Waals surface area contributed by atoms with E-state index in [1.54, 1.807) is 20.8 Å². The molecule has 0 saturated heterocycles. The van der Waals surface area contributed by atoms with Gasteiger partial charge < -0.3 is 29.7 Å². The first-order valence-corrected chi connectivity index (χ1v) is 9.84. The Morgan fingerprint density at radius 1 is 0.500 bits per heavy atom. The van der Waals surface area contributed by atoms with Gasteiger partial charge in [-0.1, -0.05) is 62.3 Å². The van der Waals surface area contributed by atoms with Crippen LogP contribution >= 0.6 is 0 Å². The van der Waals surface area contributed by atoms with Crippen LogP contribution < -0.4 is 15.3 Å². The normalized spacial score (nSPS) is 11.0. The van der Waals surface area contributed by atoms with Crippen molar-refractivity contribution in [3.63, 3.8) is 0 Å². The summed E-state index contributed by atoms with van der Waals surface area (Å²) < 4.78 is 0. The minimum Gasteiger partial charge on any atom is -0.550 e. The SMILES string of the molecule is CCC(C)(CC)C(=O)[O-].CCC(C)(CC)C(=O)[O-].CCC(C)(CC)C(=O)[O-].[Al+3]. The molecule has 0 atom stereocenters. The summed E-state index contributed by atoms with van der Waals surface area (Å²) in [5, 5.41) is 31.1. The molecule has 0 heterocycles. The van der Waals surface area contributed by atoms with E-state index < -0.39 is 34.2 Å². The maximum absolute atomic E-state index is 10.4. The minimum atomic E-state index is -0.937. The van der Waals surface area contributed by atoms with Crippen molar-refractivity contribution >= 4 is 35.3 Å². The summed E-state index contributed by atoms with van der Waals surface area (Å²) in [7, 11) is 0. The first-order chi connectivity index (χ1) is 12.2. The summed E-state index contributed by atoms with van der Waals surface area (Å²) in [6, 6.07) is 0. The molecule has 0 fully saturated rings. The zero-order valence-electron chi connectivity index (χ0n) is 19.3. The van der Waals surface area contributed by atoms with Crippen molar-refractivity contribution in [2.24, 2.45) is 16.2 Å². The maximum atomic E-state index is 10.4. The van der Waals surface area contributed by atoms with E-state index in [0.29, 0.717) is 38.5 Å². The van der Waals surface area contributed by atoms with Crippen LogP contribution in [0.5, 0.6) is 0 Å². The van der Waals surface area contributed by atoms with Crippen LogP contribution in [0.2, 0.25) is 0 Å². The molecule has 0 aromatic heterocycles. The van der Waals surface area contributed by atoms with Gasteiger partial charge in [-0.3, -0.25) is 0 Å². The van der Waals surface area contributed by atoms with Gasteiger partial charge in [-0.25, -0.2) is 0 Å². The molecule has 162 valence electrons. The Morgan fingerprint density at radius 3 is 0.607 bits per heavy atom. The number of hydrogen-bond donors (Lipinski definition) is 0. The Balaban J connectivity index is -0.000000152. The van der Waals surface area contributed by atoms with Crippen molar-refractivity contribution in [2.75, 3.05) is 0 Å². The molecule has 7 heteroatoms. The van der Waals surface area contributed by atoms with E-state index in [-0.39, 0.29) is 17.4 Å². The molecule has 0 aliphatic heterocycles. The zero-order valence-corrected chi connectivity index (χ0v) is 20.4. The van der Waals surface area contributed by atoms with E-state index in [4.69, 9.17) is 0 Å². The van der Waals surface area contributed by atoms with Crippen molar-refractivity contribution in [1.29, 1.82) is 0 Å². The zero-order chi connectivity index (χ0) is 22.5. The fourth-order valence-corrected chi connectivity index (χ4v) is 1.62. The summed E-state index contributed by atoms with van der Waals surface area (Å²) >= 11 is 0. The summed E-state index contributed by atoms with van der Waals surface area (Å²) in [5.41, 5.74) is -1.83. The number of carbonyl (C=O) groups is 3. The number of aliphatic carboxylic acids is 3. The third kappa shape index (κ3) is 11.7. The summed E-state index contributed by atoms with van der Waals surface area (Å²) in [4.78, 5) is 31.1. The molecule has 6 nitrogen and oxygen atoms in total. The molecule has 0 rings (SSSR count). The van der Waals surface area contributed by atoms with Crippen molar-refractivity contribution in [2.45, 2.75) is 101 Å². The second kappa shape index (κ2) is 15.8. The summed E-state index contributed by atoms with van der Waals surface area (Å²) in [6.07, 6.45) is 3.87. The topological polar surface area (TPSA) is 120 Å². The van der Waals surface area contributed by atoms with Crippen molar-refractivity contribution in [3.8, 4) is 0 Å².